The molecule has 8 heteroatoms. The maximum Gasteiger partial charge on any atom is 0.256 e. The van der Waals surface area contributed by atoms with Gasteiger partial charge >= 0.3 is 0 Å². The topological polar surface area (TPSA) is 77.8 Å². The van der Waals surface area contributed by atoms with E-state index in [4.69, 9.17) is 9.47 Å². The molecule has 3 aromatic rings. The van der Waals surface area contributed by atoms with Crippen molar-refractivity contribution in [1.29, 1.82) is 0 Å². The quantitative estimate of drug-likeness (QED) is 0.677. The Labute approximate surface area is 142 Å². The number of halogens is 1. The minimum absolute atomic E-state index is 0.243. The summed E-state index contributed by atoms with van der Waals surface area (Å²) in [6.07, 6.45) is 2.62. The highest BCUT2D eigenvalue weighted by atomic mass is 19.1. The normalized spacial score (nSPS) is 17.5. The fourth-order valence-corrected chi connectivity index (χ4v) is 2.71. The summed E-state index contributed by atoms with van der Waals surface area (Å²) in [6.45, 7) is 2.32. The number of hydrogen-bond donors (Lipinski definition) is 1. The van der Waals surface area contributed by atoms with Crippen molar-refractivity contribution in [3.05, 3.63) is 53.6 Å². The first-order chi connectivity index (χ1) is 12.1. The summed E-state index contributed by atoms with van der Waals surface area (Å²) in [5, 5.41) is 6.86. The molecular formula is C17H15FN4O3. The Morgan fingerprint density at radius 3 is 3.12 bits per heavy atom. The smallest absolute Gasteiger partial charge is 0.256 e. The number of aromatic nitrogens is 3. The van der Waals surface area contributed by atoms with Crippen molar-refractivity contribution in [2.45, 2.75) is 13.0 Å². The number of hydrogen-bond acceptors (Lipinski definition) is 5. The number of ether oxygens (including phenoxy) is 2. The second-order valence-corrected chi connectivity index (χ2v) is 5.64. The fraction of sp³-hybridized carbons (Fsp3) is 0.235. The van der Waals surface area contributed by atoms with Crippen molar-refractivity contribution in [1.82, 2.24) is 19.9 Å². The summed E-state index contributed by atoms with van der Waals surface area (Å²) >= 11 is 0. The van der Waals surface area contributed by atoms with Crippen molar-refractivity contribution in [2.24, 2.45) is 0 Å². The highest BCUT2D eigenvalue weighted by Gasteiger charge is 2.19. The van der Waals surface area contributed by atoms with Crippen LogP contribution in [0.2, 0.25) is 0 Å². The number of carbonyl (C=O) groups excluding carboxylic acids is 1. The molecule has 25 heavy (non-hydrogen) atoms. The standard InChI is InChI=1S/C17H15FN4O3/c1-10-12-8-11(18)2-3-14(12)24-7-5-19-17(23)13-9-20-22-6-4-15(25-10)21-16(13)22/h2-4,6,8-10H,5,7H2,1H3,(H,19,23)/t10-/m1/s1. The minimum Gasteiger partial charge on any atom is -0.491 e. The highest BCUT2D eigenvalue weighted by molar-refractivity contribution is 5.99. The van der Waals surface area contributed by atoms with Crippen LogP contribution < -0.4 is 14.8 Å². The van der Waals surface area contributed by atoms with Crippen molar-refractivity contribution in [3.8, 4) is 11.6 Å². The number of amides is 1. The number of benzene rings is 1. The number of fused-ring (bicyclic) bond motifs is 2. The van der Waals surface area contributed by atoms with Crippen LogP contribution in [-0.4, -0.2) is 33.7 Å². The van der Waals surface area contributed by atoms with Gasteiger partial charge in [-0.3, -0.25) is 4.79 Å². The van der Waals surface area contributed by atoms with Crippen LogP contribution in [-0.2, 0) is 0 Å². The molecule has 3 heterocycles. The molecule has 0 spiro atoms. The van der Waals surface area contributed by atoms with E-state index in [-0.39, 0.29) is 18.3 Å². The molecule has 4 rings (SSSR count). The zero-order valence-electron chi connectivity index (χ0n) is 13.4. The van der Waals surface area contributed by atoms with Crippen molar-refractivity contribution >= 4 is 11.6 Å². The van der Waals surface area contributed by atoms with E-state index in [1.165, 1.54) is 22.8 Å². The Morgan fingerprint density at radius 2 is 2.24 bits per heavy atom. The molecule has 2 aromatic heterocycles. The SMILES string of the molecule is C[C@H]1Oc2ccn3ncc(c3n2)C(=O)NCCOc2ccc(F)cc21. The molecule has 2 bridgehead atoms. The Balaban J connectivity index is 1.80. The van der Waals surface area contributed by atoms with Crippen LogP contribution in [0.3, 0.4) is 0 Å². The van der Waals surface area contributed by atoms with Gasteiger partial charge in [0, 0.05) is 17.8 Å². The second-order valence-electron chi connectivity index (χ2n) is 5.64. The van der Waals surface area contributed by atoms with Gasteiger partial charge in [0.05, 0.1) is 12.7 Å². The lowest BCUT2D eigenvalue weighted by molar-refractivity contribution is 0.0948. The first-order valence-corrected chi connectivity index (χ1v) is 7.83. The molecule has 0 aliphatic carbocycles. The van der Waals surface area contributed by atoms with Crippen LogP contribution >= 0.6 is 0 Å². The van der Waals surface area contributed by atoms with Gasteiger partial charge in [-0.05, 0) is 25.1 Å². The maximum atomic E-state index is 13.7. The number of rotatable bonds is 0. The van der Waals surface area contributed by atoms with Crippen LogP contribution in [0.5, 0.6) is 11.6 Å². The van der Waals surface area contributed by atoms with Gasteiger partial charge in [-0.1, -0.05) is 0 Å². The summed E-state index contributed by atoms with van der Waals surface area (Å²) in [6, 6.07) is 5.89. The van der Waals surface area contributed by atoms with E-state index in [1.54, 1.807) is 25.3 Å². The average molecular weight is 342 g/mol. The molecule has 1 N–H and O–H groups in total. The van der Waals surface area contributed by atoms with Crippen LogP contribution in [0.1, 0.15) is 28.9 Å². The number of nitrogens with one attached hydrogen (secondary N) is 1. The molecule has 0 unspecified atom stereocenters. The molecule has 1 aliphatic rings. The van der Waals surface area contributed by atoms with E-state index in [2.05, 4.69) is 15.4 Å². The van der Waals surface area contributed by atoms with Crippen LogP contribution in [0.25, 0.3) is 5.65 Å². The summed E-state index contributed by atoms with van der Waals surface area (Å²) in [5.41, 5.74) is 1.31. The van der Waals surface area contributed by atoms with E-state index >= 15 is 0 Å². The third-order valence-electron chi connectivity index (χ3n) is 3.94. The van der Waals surface area contributed by atoms with E-state index in [0.29, 0.717) is 34.9 Å². The molecule has 128 valence electrons. The van der Waals surface area contributed by atoms with E-state index in [1.807, 2.05) is 0 Å². The van der Waals surface area contributed by atoms with Crippen molar-refractivity contribution < 1.29 is 18.7 Å². The van der Waals surface area contributed by atoms with Gasteiger partial charge in [-0.25, -0.2) is 8.91 Å². The average Bonchev–Trinajstić information content (AvgIpc) is 3.02. The fourth-order valence-electron chi connectivity index (χ4n) is 2.71. The second kappa shape index (κ2) is 6.04. The van der Waals surface area contributed by atoms with Gasteiger partial charge < -0.3 is 14.8 Å². The molecule has 0 fully saturated rings. The summed E-state index contributed by atoms with van der Waals surface area (Å²) < 4.78 is 26.7. The molecule has 1 aliphatic heterocycles. The van der Waals surface area contributed by atoms with Gasteiger partial charge in [-0.15, -0.1) is 0 Å². The molecule has 0 saturated carbocycles. The minimum atomic E-state index is -0.489. The molecule has 0 radical (unpaired) electrons. The van der Waals surface area contributed by atoms with Crippen LogP contribution in [0.15, 0.2) is 36.7 Å². The third kappa shape index (κ3) is 2.86. The summed E-state index contributed by atoms with van der Waals surface area (Å²) in [5.74, 6) is 0.141. The first-order valence-electron chi connectivity index (χ1n) is 7.83. The molecule has 0 saturated heterocycles. The summed E-state index contributed by atoms with van der Waals surface area (Å²) in [4.78, 5) is 16.7. The van der Waals surface area contributed by atoms with Crippen molar-refractivity contribution in [2.75, 3.05) is 13.2 Å². The van der Waals surface area contributed by atoms with Crippen LogP contribution in [0, 0.1) is 5.82 Å². The van der Waals surface area contributed by atoms with E-state index in [9.17, 15) is 9.18 Å². The Hall–Kier alpha value is -3.16. The van der Waals surface area contributed by atoms with Gasteiger partial charge in [0.1, 0.15) is 29.8 Å². The lowest BCUT2D eigenvalue weighted by Crippen LogP contribution is -2.28. The zero-order chi connectivity index (χ0) is 17.4. The number of carbonyl (C=O) groups is 1. The molecule has 1 atom stereocenters. The van der Waals surface area contributed by atoms with Crippen LogP contribution in [0.4, 0.5) is 4.39 Å². The largest absolute Gasteiger partial charge is 0.491 e. The maximum absolute atomic E-state index is 13.7. The molecule has 1 aromatic carbocycles. The van der Waals surface area contributed by atoms with E-state index in [0.717, 1.165) is 0 Å². The Morgan fingerprint density at radius 1 is 1.36 bits per heavy atom. The van der Waals surface area contributed by atoms with Gasteiger partial charge in [0.2, 0.25) is 5.88 Å². The van der Waals surface area contributed by atoms with Gasteiger partial charge in [-0.2, -0.15) is 10.1 Å². The van der Waals surface area contributed by atoms with Gasteiger partial charge in [0.25, 0.3) is 5.91 Å². The molecule has 1 amide bonds. The molecule has 7 nitrogen and oxygen atoms in total. The van der Waals surface area contributed by atoms with E-state index < -0.39 is 6.10 Å². The Bertz CT molecular complexity index is 956. The number of nitrogens with zero attached hydrogens (tertiary/aromatic N) is 3. The lowest BCUT2D eigenvalue weighted by Gasteiger charge is -2.18. The predicted molar refractivity (Wildman–Crippen MR) is 86.3 cm³/mol. The zero-order valence-corrected chi connectivity index (χ0v) is 13.4. The lowest BCUT2D eigenvalue weighted by atomic mass is 10.1. The summed E-state index contributed by atoms with van der Waals surface area (Å²) in [7, 11) is 0. The molecular weight excluding hydrogens is 327 g/mol. The van der Waals surface area contributed by atoms with Gasteiger partial charge in [0.15, 0.2) is 5.65 Å². The van der Waals surface area contributed by atoms with Crippen molar-refractivity contribution in [3.63, 3.8) is 0 Å². The third-order valence-corrected chi connectivity index (χ3v) is 3.94. The predicted octanol–water partition coefficient (Wildman–Crippen LogP) is 2.13. The highest BCUT2D eigenvalue weighted by Crippen LogP contribution is 2.29. The monoisotopic (exact) mass is 342 g/mol. The first kappa shape index (κ1) is 15.4. The Kier molecular flexibility index (Phi) is 3.72.